The van der Waals surface area contributed by atoms with Crippen LogP contribution in [0.4, 0.5) is 10.5 Å². The molecule has 0 atom stereocenters. The molecule has 10 heteroatoms. The highest BCUT2D eigenvalue weighted by atomic mass is 32.2. The summed E-state index contributed by atoms with van der Waals surface area (Å²) in [5.41, 5.74) is 1.42. The number of thiazole rings is 1. The van der Waals surface area contributed by atoms with Gasteiger partial charge in [-0.15, -0.1) is 11.3 Å². The second-order valence-electron chi connectivity index (χ2n) is 5.41. The third-order valence-corrected chi connectivity index (χ3v) is 5.81. The molecule has 2 aromatic rings. The van der Waals surface area contributed by atoms with Crippen molar-refractivity contribution in [2.24, 2.45) is 0 Å². The number of nitrogens with zero attached hydrogens (tertiary/aromatic N) is 2. The smallest absolute Gasteiger partial charge is 0.407 e. The van der Waals surface area contributed by atoms with Crippen LogP contribution in [0.15, 0.2) is 22.5 Å². The number of fused-ring (bicyclic) bond motifs is 1. The Labute approximate surface area is 165 Å². The average molecular weight is 411 g/mol. The van der Waals surface area contributed by atoms with E-state index in [1.165, 1.54) is 30.2 Å². The number of amides is 3. The second-order valence-corrected chi connectivity index (χ2v) is 7.66. The molecule has 27 heavy (non-hydrogen) atoms. The van der Waals surface area contributed by atoms with Crippen LogP contribution >= 0.6 is 23.1 Å². The first kappa shape index (κ1) is 21.0. The van der Waals surface area contributed by atoms with Gasteiger partial charge in [0.2, 0.25) is 11.8 Å². The third kappa shape index (κ3) is 6.10. The van der Waals surface area contributed by atoms with Gasteiger partial charge in [0, 0.05) is 18.8 Å². The maximum absolute atomic E-state index is 12.1. The lowest BCUT2D eigenvalue weighted by Gasteiger charge is -2.17. The fourth-order valence-corrected chi connectivity index (χ4v) is 4.27. The number of carbonyl (C=O) groups excluding carboxylic acids is 3. The molecule has 2 N–H and O–H groups in total. The SMILES string of the molecule is CCN(CC)C(=O)CSc1nc2ccc(NC(=O)CNC(=O)OC)cc2s1. The summed E-state index contributed by atoms with van der Waals surface area (Å²) >= 11 is 2.88. The van der Waals surface area contributed by atoms with Crippen LogP contribution in [0.25, 0.3) is 10.2 Å². The van der Waals surface area contributed by atoms with Crippen molar-refractivity contribution in [2.75, 3.05) is 37.8 Å². The average Bonchev–Trinajstić information content (AvgIpc) is 3.07. The monoisotopic (exact) mass is 410 g/mol. The number of aromatic nitrogens is 1. The third-order valence-electron chi connectivity index (χ3n) is 3.67. The summed E-state index contributed by atoms with van der Waals surface area (Å²) in [7, 11) is 1.23. The number of hydrogen-bond donors (Lipinski definition) is 2. The Kier molecular flexibility index (Phi) is 7.86. The van der Waals surface area contributed by atoms with Crippen LogP contribution in [0, 0.1) is 0 Å². The summed E-state index contributed by atoms with van der Waals surface area (Å²) < 4.78 is 6.13. The Hall–Kier alpha value is -2.33. The molecule has 0 fully saturated rings. The number of benzene rings is 1. The van der Waals surface area contributed by atoms with Crippen LogP contribution in [0.2, 0.25) is 0 Å². The first-order chi connectivity index (χ1) is 13.0. The van der Waals surface area contributed by atoms with Crippen LogP contribution in [0.3, 0.4) is 0 Å². The number of hydrogen-bond acceptors (Lipinski definition) is 7. The molecule has 2 rings (SSSR count). The molecular weight excluding hydrogens is 388 g/mol. The molecule has 0 bridgehead atoms. The predicted octanol–water partition coefficient (Wildman–Crippen LogP) is 2.55. The highest BCUT2D eigenvalue weighted by Crippen LogP contribution is 2.31. The number of alkyl carbamates (subject to hydrolysis) is 1. The Morgan fingerprint density at radius 3 is 2.67 bits per heavy atom. The van der Waals surface area contributed by atoms with Gasteiger partial charge in [-0.2, -0.15) is 0 Å². The molecule has 0 aliphatic heterocycles. The maximum Gasteiger partial charge on any atom is 0.407 e. The molecule has 0 saturated heterocycles. The van der Waals surface area contributed by atoms with Crippen molar-refractivity contribution < 1.29 is 19.1 Å². The molecule has 8 nitrogen and oxygen atoms in total. The van der Waals surface area contributed by atoms with E-state index in [2.05, 4.69) is 20.4 Å². The number of nitrogens with one attached hydrogen (secondary N) is 2. The van der Waals surface area contributed by atoms with Gasteiger partial charge in [-0.3, -0.25) is 9.59 Å². The van der Waals surface area contributed by atoms with Crippen molar-refractivity contribution in [3.8, 4) is 0 Å². The molecule has 0 saturated carbocycles. The molecule has 0 radical (unpaired) electrons. The fraction of sp³-hybridized carbons (Fsp3) is 0.412. The van der Waals surface area contributed by atoms with E-state index in [1.807, 2.05) is 26.0 Å². The lowest BCUT2D eigenvalue weighted by atomic mass is 10.3. The van der Waals surface area contributed by atoms with Crippen LogP contribution in [0.5, 0.6) is 0 Å². The van der Waals surface area contributed by atoms with Gasteiger partial charge in [0.05, 0.1) is 23.1 Å². The molecule has 0 aliphatic rings. The topological polar surface area (TPSA) is 101 Å². The van der Waals surface area contributed by atoms with Crippen LogP contribution in [0.1, 0.15) is 13.8 Å². The Bertz CT molecular complexity index is 820. The molecule has 0 aliphatic carbocycles. The van der Waals surface area contributed by atoms with Crippen molar-refractivity contribution >= 4 is 56.9 Å². The predicted molar refractivity (Wildman–Crippen MR) is 107 cm³/mol. The van der Waals surface area contributed by atoms with Gasteiger partial charge in [0.15, 0.2) is 4.34 Å². The number of carbonyl (C=O) groups is 3. The summed E-state index contributed by atoms with van der Waals surface area (Å²) in [6, 6.07) is 5.37. The minimum absolute atomic E-state index is 0.0929. The molecule has 3 amide bonds. The van der Waals surface area contributed by atoms with Gasteiger partial charge in [-0.05, 0) is 32.0 Å². The number of rotatable bonds is 8. The number of anilines is 1. The van der Waals surface area contributed by atoms with Crippen LogP contribution < -0.4 is 10.6 Å². The van der Waals surface area contributed by atoms with E-state index in [-0.39, 0.29) is 18.4 Å². The van der Waals surface area contributed by atoms with Crippen LogP contribution in [-0.4, -0.2) is 60.3 Å². The van der Waals surface area contributed by atoms with Gasteiger partial charge < -0.3 is 20.3 Å². The largest absolute Gasteiger partial charge is 0.453 e. The zero-order valence-corrected chi connectivity index (χ0v) is 17.0. The molecule has 1 aromatic carbocycles. The van der Waals surface area contributed by atoms with E-state index in [4.69, 9.17) is 0 Å². The summed E-state index contributed by atoms with van der Waals surface area (Å²) in [6.07, 6.45) is -0.663. The zero-order valence-electron chi connectivity index (χ0n) is 15.4. The summed E-state index contributed by atoms with van der Waals surface area (Å²) in [4.78, 5) is 41.2. The highest BCUT2D eigenvalue weighted by Gasteiger charge is 2.13. The van der Waals surface area contributed by atoms with Crippen molar-refractivity contribution in [3.63, 3.8) is 0 Å². The minimum Gasteiger partial charge on any atom is -0.453 e. The van der Waals surface area contributed by atoms with Crippen molar-refractivity contribution in [3.05, 3.63) is 18.2 Å². The van der Waals surface area contributed by atoms with E-state index < -0.39 is 6.09 Å². The summed E-state index contributed by atoms with van der Waals surface area (Å²) in [5.74, 6) is 0.0867. The first-order valence-corrected chi connectivity index (χ1v) is 10.2. The Morgan fingerprint density at radius 2 is 2.00 bits per heavy atom. The number of thioether (sulfide) groups is 1. The van der Waals surface area contributed by atoms with Crippen molar-refractivity contribution in [2.45, 2.75) is 18.2 Å². The van der Waals surface area contributed by atoms with Gasteiger partial charge in [-0.25, -0.2) is 9.78 Å². The molecule has 146 valence electrons. The first-order valence-electron chi connectivity index (χ1n) is 8.39. The number of methoxy groups -OCH3 is 1. The van der Waals surface area contributed by atoms with Crippen molar-refractivity contribution in [1.82, 2.24) is 15.2 Å². The van der Waals surface area contributed by atoms with Gasteiger partial charge in [0.1, 0.15) is 6.54 Å². The van der Waals surface area contributed by atoms with E-state index in [9.17, 15) is 14.4 Å². The van der Waals surface area contributed by atoms with E-state index in [0.717, 1.165) is 14.6 Å². The molecule has 0 spiro atoms. The summed E-state index contributed by atoms with van der Waals surface area (Å²) in [5, 5.41) is 5.02. The maximum atomic E-state index is 12.1. The standard InChI is InChI=1S/C17H22N4O4S2/c1-4-21(5-2)15(23)10-26-17-20-12-7-6-11(8-13(12)27-17)19-14(22)9-18-16(24)25-3/h6-8H,4-5,9-10H2,1-3H3,(H,18,24)(H,19,22). The quantitative estimate of drug-likeness (QED) is 0.649. The molecule has 1 heterocycles. The van der Waals surface area contributed by atoms with Gasteiger partial charge in [0.25, 0.3) is 0 Å². The second kappa shape index (κ2) is 10.1. The van der Waals surface area contributed by atoms with Crippen LogP contribution in [-0.2, 0) is 14.3 Å². The highest BCUT2D eigenvalue weighted by molar-refractivity contribution is 8.01. The zero-order chi connectivity index (χ0) is 19.8. The normalized spacial score (nSPS) is 10.5. The fourth-order valence-electron chi connectivity index (χ4n) is 2.26. The van der Waals surface area contributed by atoms with Crippen molar-refractivity contribution in [1.29, 1.82) is 0 Å². The molecular formula is C17H22N4O4S2. The van der Waals surface area contributed by atoms with Gasteiger partial charge in [-0.1, -0.05) is 11.8 Å². The number of ether oxygens (including phenoxy) is 1. The lowest BCUT2D eigenvalue weighted by molar-refractivity contribution is -0.128. The summed E-state index contributed by atoms with van der Waals surface area (Å²) in [6.45, 7) is 5.13. The molecule has 1 aromatic heterocycles. The van der Waals surface area contributed by atoms with E-state index >= 15 is 0 Å². The minimum atomic E-state index is -0.663. The Morgan fingerprint density at radius 1 is 1.26 bits per heavy atom. The lowest BCUT2D eigenvalue weighted by Crippen LogP contribution is -2.32. The van der Waals surface area contributed by atoms with E-state index in [0.29, 0.717) is 24.5 Å². The van der Waals surface area contributed by atoms with Gasteiger partial charge >= 0.3 is 6.09 Å². The molecule has 0 unspecified atom stereocenters. The Balaban J connectivity index is 1.96. The van der Waals surface area contributed by atoms with E-state index in [1.54, 1.807) is 11.0 Å².